The van der Waals surface area contributed by atoms with E-state index in [1.807, 2.05) is 16.8 Å². The summed E-state index contributed by atoms with van der Waals surface area (Å²) in [5.74, 6) is 0.980. The Morgan fingerprint density at radius 2 is 2.24 bits per heavy atom. The number of nitrogens with zero attached hydrogens (tertiary/aromatic N) is 4. The fourth-order valence-corrected chi connectivity index (χ4v) is 1.93. The van der Waals surface area contributed by atoms with Crippen molar-refractivity contribution in [3.63, 3.8) is 0 Å². The fraction of sp³-hybridized carbons (Fsp3) is 0.500. The number of hydrogen-bond donors (Lipinski definition) is 1. The largest absolute Gasteiger partial charge is 0.352 e. The van der Waals surface area contributed by atoms with Gasteiger partial charge in [0.15, 0.2) is 5.82 Å². The van der Waals surface area contributed by atoms with E-state index in [4.69, 9.17) is 5.73 Å². The van der Waals surface area contributed by atoms with Crippen molar-refractivity contribution in [1.29, 1.82) is 0 Å². The molecule has 0 aliphatic carbocycles. The molecule has 92 valence electrons. The smallest absolute Gasteiger partial charge is 0.154 e. The number of nitrogens with two attached hydrogens (primary N) is 1. The molecular formula is C12H19N5. The first-order valence-electron chi connectivity index (χ1n) is 5.99. The van der Waals surface area contributed by atoms with E-state index in [0.29, 0.717) is 12.6 Å². The molecule has 5 nitrogen and oxygen atoms in total. The summed E-state index contributed by atoms with van der Waals surface area (Å²) in [4.78, 5) is 6.75. The average molecular weight is 233 g/mol. The van der Waals surface area contributed by atoms with Crippen LogP contribution in [-0.2, 0) is 0 Å². The Hall–Kier alpha value is -1.62. The van der Waals surface area contributed by atoms with Crippen molar-refractivity contribution in [2.24, 2.45) is 5.73 Å². The Kier molecular flexibility index (Phi) is 3.58. The van der Waals surface area contributed by atoms with Gasteiger partial charge in [-0.3, -0.25) is 0 Å². The van der Waals surface area contributed by atoms with Crippen LogP contribution in [0.4, 0.5) is 5.82 Å². The minimum atomic E-state index is 0.398. The molecule has 0 radical (unpaired) electrons. The van der Waals surface area contributed by atoms with Crippen LogP contribution >= 0.6 is 0 Å². The highest BCUT2D eigenvalue weighted by Gasteiger charge is 2.14. The lowest BCUT2D eigenvalue weighted by molar-refractivity contribution is 0.649. The summed E-state index contributed by atoms with van der Waals surface area (Å²) in [6.07, 6.45) is 6.41. The summed E-state index contributed by atoms with van der Waals surface area (Å²) in [5.41, 5.74) is 6.62. The van der Waals surface area contributed by atoms with Gasteiger partial charge in [-0.2, -0.15) is 5.10 Å². The van der Waals surface area contributed by atoms with Crippen LogP contribution in [0.15, 0.2) is 24.7 Å². The number of hydrogen-bond acceptors (Lipinski definition) is 4. The zero-order valence-electron chi connectivity index (χ0n) is 10.4. The van der Waals surface area contributed by atoms with Gasteiger partial charge in [0.1, 0.15) is 5.52 Å². The van der Waals surface area contributed by atoms with E-state index in [1.54, 1.807) is 12.4 Å². The zero-order valence-corrected chi connectivity index (χ0v) is 10.4. The molecule has 0 fully saturated rings. The molecule has 0 bridgehead atoms. The van der Waals surface area contributed by atoms with Gasteiger partial charge in [0.05, 0.1) is 6.20 Å². The van der Waals surface area contributed by atoms with Crippen LogP contribution in [0.3, 0.4) is 0 Å². The van der Waals surface area contributed by atoms with Crippen LogP contribution in [-0.4, -0.2) is 33.7 Å². The van der Waals surface area contributed by atoms with Gasteiger partial charge in [-0.15, -0.1) is 0 Å². The Morgan fingerprint density at radius 3 is 2.94 bits per heavy atom. The lowest BCUT2D eigenvalue weighted by Gasteiger charge is -2.28. The van der Waals surface area contributed by atoms with Crippen LogP contribution in [0.25, 0.3) is 5.52 Å². The normalized spacial score (nSPS) is 11.3. The van der Waals surface area contributed by atoms with Gasteiger partial charge in [0.25, 0.3) is 0 Å². The van der Waals surface area contributed by atoms with Crippen molar-refractivity contribution in [3.8, 4) is 0 Å². The molecule has 0 aliphatic heterocycles. The minimum absolute atomic E-state index is 0.398. The summed E-state index contributed by atoms with van der Waals surface area (Å²) in [5, 5.41) is 4.23. The van der Waals surface area contributed by atoms with Crippen LogP contribution in [0.5, 0.6) is 0 Å². The number of fused-ring (bicyclic) bond motifs is 1. The molecule has 2 N–H and O–H groups in total. The Morgan fingerprint density at radius 1 is 1.41 bits per heavy atom. The molecule has 0 saturated heterocycles. The van der Waals surface area contributed by atoms with Crippen molar-refractivity contribution < 1.29 is 0 Å². The van der Waals surface area contributed by atoms with Crippen molar-refractivity contribution in [2.45, 2.75) is 26.3 Å². The number of rotatable bonds is 5. The lowest BCUT2D eigenvalue weighted by Crippen LogP contribution is -2.33. The summed E-state index contributed by atoms with van der Waals surface area (Å²) >= 11 is 0. The van der Waals surface area contributed by atoms with Crippen LogP contribution in [0.2, 0.25) is 0 Å². The highest BCUT2D eigenvalue weighted by atomic mass is 15.3. The molecule has 2 heterocycles. The standard InChI is InChI=1S/C12H19N5/c1-10(2)16(8-3-5-13)12-11-4-6-15-17(11)9-7-14-12/h4,6-7,9-10H,3,5,8,13H2,1-2H3. The maximum absolute atomic E-state index is 5.58. The maximum Gasteiger partial charge on any atom is 0.154 e. The van der Waals surface area contributed by atoms with Gasteiger partial charge in [-0.05, 0) is 32.9 Å². The quantitative estimate of drug-likeness (QED) is 0.845. The third-order valence-corrected chi connectivity index (χ3v) is 2.80. The highest BCUT2D eigenvalue weighted by Crippen LogP contribution is 2.20. The molecule has 2 aromatic heterocycles. The highest BCUT2D eigenvalue weighted by molar-refractivity contribution is 5.68. The molecule has 0 atom stereocenters. The second-order valence-electron chi connectivity index (χ2n) is 4.34. The number of aromatic nitrogens is 3. The average Bonchev–Trinajstić information content (AvgIpc) is 2.77. The van der Waals surface area contributed by atoms with Crippen LogP contribution in [0.1, 0.15) is 20.3 Å². The molecule has 17 heavy (non-hydrogen) atoms. The van der Waals surface area contributed by atoms with E-state index in [-0.39, 0.29) is 0 Å². The first-order chi connectivity index (χ1) is 8.24. The van der Waals surface area contributed by atoms with Gasteiger partial charge in [-0.1, -0.05) is 0 Å². The summed E-state index contributed by atoms with van der Waals surface area (Å²) in [7, 11) is 0. The Balaban J connectivity index is 2.37. The van der Waals surface area contributed by atoms with Crippen molar-refractivity contribution >= 4 is 11.3 Å². The van der Waals surface area contributed by atoms with E-state index in [2.05, 4.69) is 28.8 Å². The van der Waals surface area contributed by atoms with Crippen molar-refractivity contribution in [2.75, 3.05) is 18.0 Å². The van der Waals surface area contributed by atoms with Gasteiger partial charge in [0, 0.05) is 25.0 Å². The molecule has 0 unspecified atom stereocenters. The molecule has 2 aromatic rings. The van der Waals surface area contributed by atoms with Crippen molar-refractivity contribution in [3.05, 3.63) is 24.7 Å². The Bertz CT molecular complexity index is 476. The van der Waals surface area contributed by atoms with E-state index < -0.39 is 0 Å². The molecule has 0 aliphatic rings. The van der Waals surface area contributed by atoms with Gasteiger partial charge in [0.2, 0.25) is 0 Å². The molecule has 0 aromatic carbocycles. The summed E-state index contributed by atoms with van der Waals surface area (Å²) < 4.78 is 1.85. The fourth-order valence-electron chi connectivity index (χ4n) is 1.93. The summed E-state index contributed by atoms with van der Waals surface area (Å²) in [6.45, 7) is 5.95. The second-order valence-corrected chi connectivity index (χ2v) is 4.34. The zero-order chi connectivity index (χ0) is 12.3. The van der Waals surface area contributed by atoms with E-state index >= 15 is 0 Å². The summed E-state index contributed by atoms with van der Waals surface area (Å²) in [6, 6.07) is 2.38. The molecule has 2 rings (SSSR count). The minimum Gasteiger partial charge on any atom is -0.352 e. The molecule has 5 heteroatoms. The monoisotopic (exact) mass is 233 g/mol. The van der Waals surface area contributed by atoms with Gasteiger partial charge in [-0.25, -0.2) is 9.50 Å². The van der Waals surface area contributed by atoms with E-state index in [9.17, 15) is 0 Å². The van der Waals surface area contributed by atoms with E-state index in [0.717, 1.165) is 24.3 Å². The third kappa shape index (κ3) is 2.39. The number of anilines is 1. The van der Waals surface area contributed by atoms with Crippen molar-refractivity contribution in [1.82, 2.24) is 14.6 Å². The van der Waals surface area contributed by atoms with Gasteiger partial charge >= 0.3 is 0 Å². The Labute approximate surface area is 101 Å². The first-order valence-corrected chi connectivity index (χ1v) is 5.99. The lowest BCUT2D eigenvalue weighted by atomic mass is 10.2. The molecule has 0 amide bonds. The topological polar surface area (TPSA) is 59.5 Å². The molecule has 0 saturated carbocycles. The van der Waals surface area contributed by atoms with Gasteiger partial charge < -0.3 is 10.6 Å². The predicted octanol–water partition coefficient (Wildman–Crippen LogP) is 1.29. The predicted molar refractivity (Wildman–Crippen MR) is 69.1 cm³/mol. The molecule has 0 spiro atoms. The third-order valence-electron chi connectivity index (χ3n) is 2.80. The maximum atomic E-state index is 5.58. The molecular weight excluding hydrogens is 214 g/mol. The van der Waals surface area contributed by atoms with Crippen LogP contribution < -0.4 is 10.6 Å². The first kappa shape index (κ1) is 11.9. The van der Waals surface area contributed by atoms with E-state index in [1.165, 1.54) is 0 Å². The SMILES string of the molecule is CC(C)N(CCCN)c1nccn2nccc12. The second kappa shape index (κ2) is 5.14. The van der Waals surface area contributed by atoms with Crippen LogP contribution in [0, 0.1) is 0 Å².